The summed E-state index contributed by atoms with van der Waals surface area (Å²) in [6.45, 7) is 4.49. The number of hydrogen-bond donors (Lipinski definition) is 2. The summed E-state index contributed by atoms with van der Waals surface area (Å²) in [5.74, 6) is 0.498. The van der Waals surface area contributed by atoms with Gasteiger partial charge in [-0.25, -0.2) is 0 Å². The van der Waals surface area contributed by atoms with Crippen molar-refractivity contribution in [2.45, 2.75) is 20.5 Å². The predicted octanol–water partition coefficient (Wildman–Crippen LogP) is 2.72. The third-order valence-electron chi connectivity index (χ3n) is 3.86. The Morgan fingerprint density at radius 3 is 2.30 bits per heavy atom. The summed E-state index contributed by atoms with van der Waals surface area (Å²) in [7, 11) is -1.57. The van der Waals surface area contributed by atoms with Crippen LogP contribution in [-0.4, -0.2) is 17.2 Å². The number of benzene rings is 3. The zero-order valence-electron chi connectivity index (χ0n) is 13.3. The van der Waals surface area contributed by atoms with Gasteiger partial charge in [0, 0.05) is 5.46 Å². The molecule has 3 nitrogen and oxygen atoms in total. The summed E-state index contributed by atoms with van der Waals surface area (Å²) in [5.41, 5.74) is 3.84. The summed E-state index contributed by atoms with van der Waals surface area (Å²) in [6.07, 6.45) is 0. The summed E-state index contributed by atoms with van der Waals surface area (Å²) in [4.78, 5) is 0. The molecule has 0 aromatic heterocycles. The first-order chi connectivity index (χ1) is 11.0. The van der Waals surface area contributed by atoms with E-state index >= 15 is 0 Å². The molecule has 0 amide bonds. The van der Waals surface area contributed by atoms with Crippen LogP contribution in [0, 0.1) is 13.8 Å². The fourth-order valence-electron chi connectivity index (χ4n) is 2.98. The van der Waals surface area contributed by atoms with Crippen LogP contribution in [0.5, 0.6) is 5.75 Å². The molecule has 0 aliphatic heterocycles. The molecule has 4 heteroatoms. The molecule has 0 saturated carbocycles. The molecular weight excluding hydrogens is 287 g/mol. The van der Waals surface area contributed by atoms with Crippen molar-refractivity contribution in [3.8, 4) is 5.75 Å². The maximum absolute atomic E-state index is 9.76. The summed E-state index contributed by atoms with van der Waals surface area (Å²) in [6, 6.07) is 17.6. The Balaban J connectivity index is 1.95. The Morgan fingerprint density at radius 2 is 1.61 bits per heavy atom. The lowest BCUT2D eigenvalue weighted by atomic mass is 9.76. The molecule has 3 aromatic carbocycles. The molecule has 0 bridgehead atoms. The molecule has 0 fully saturated rings. The van der Waals surface area contributed by atoms with Crippen LogP contribution < -0.4 is 10.2 Å². The fourth-order valence-corrected chi connectivity index (χ4v) is 2.98. The fraction of sp³-hybridized carbons (Fsp3) is 0.158. The number of aryl methyl sites for hydroxylation is 2. The van der Waals surface area contributed by atoms with Gasteiger partial charge in [0.2, 0.25) is 0 Å². The van der Waals surface area contributed by atoms with Crippen LogP contribution >= 0.6 is 0 Å². The standard InChI is InChI=1S/C19H19BO3/c1-13-9-14(2)11-15(10-13)12-23-18-8-7-16-5-3-4-6-17(16)19(18)20(21)22/h3-11,21-22H,12H2,1-2H3. The zero-order chi connectivity index (χ0) is 16.4. The van der Waals surface area contributed by atoms with E-state index in [0.29, 0.717) is 17.8 Å². The molecule has 0 aliphatic rings. The Kier molecular flexibility index (Phi) is 4.37. The maximum atomic E-state index is 9.76. The van der Waals surface area contributed by atoms with Crippen LogP contribution in [0.15, 0.2) is 54.6 Å². The van der Waals surface area contributed by atoms with Crippen molar-refractivity contribution in [3.63, 3.8) is 0 Å². The summed E-state index contributed by atoms with van der Waals surface area (Å²) >= 11 is 0. The van der Waals surface area contributed by atoms with Gasteiger partial charge in [-0.2, -0.15) is 0 Å². The van der Waals surface area contributed by atoms with Crippen molar-refractivity contribution in [1.29, 1.82) is 0 Å². The number of ether oxygens (including phenoxy) is 1. The van der Waals surface area contributed by atoms with E-state index in [9.17, 15) is 10.0 Å². The minimum absolute atomic E-state index is 0.389. The highest BCUT2D eigenvalue weighted by molar-refractivity contribution is 6.63. The van der Waals surface area contributed by atoms with Crippen molar-refractivity contribution in [3.05, 3.63) is 71.3 Å². The Labute approximate surface area is 136 Å². The first-order valence-corrected chi connectivity index (χ1v) is 7.62. The smallest absolute Gasteiger partial charge is 0.489 e. The highest BCUT2D eigenvalue weighted by Gasteiger charge is 2.20. The molecule has 3 rings (SSSR count). The van der Waals surface area contributed by atoms with Gasteiger partial charge in [-0.15, -0.1) is 0 Å². The highest BCUT2D eigenvalue weighted by atomic mass is 16.5. The van der Waals surface area contributed by atoms with E-state index in [0.717, 1.165) is 16.3 Å². The highest BCUT2D eigenvalue weighted by Crippen LogP contribution is 2.20. The van der Waals surface area contributed by atoms with E-state index in [1.807, 2.05) is 30.3 Å². The van der Waals surface area contributed by atoms with E-state index in [1.54, 1.807) is 6.07 Å². The Hall–Kier alpha value is -2.30. The van der Waals surface area contributed by atoms with Crippen molar-refractivity contribution >= 4 is 23.4 Å². The maximum Gasteiger partial charge on any atom is 0.492 e. The molecule has 0 unspecified atom stereocenters. The Morgan fingerprint density at radius 1 is 0.913 bits per heavy atom. The second-order valence-electron chi connectivity index (χ2n) is 5.86. The van der Waals surface area contributed by atoms with Crippen LogP contribution in [0.1, 0.15) is 16.7 Å². The van der Waals surface area contributed by atoms with E-state index in [2.05, 4.69) is 32.0 Å². The third-order valence-corrected chi connectivity index (χ3v) is 3.86. The molecule has 116 valence electrons. The van der Waals surface area contributed by atoms with Crippen molar-refractivity contribution in [1.82, 2.24) is 0 Å². The molecule has 0 saturated heterocycles. The zero-order valence-corrected chi connectivity index (χ0v) is 13.3. The summed E-state index contributed by atoms with van der Waals surface area (Å²) < 4.78 is 5.88. The number of fused-ring (bicyclic) bond motifs is 1. The van der Waals surface area contributed by atoms with Crippen LogP contribution in [0.4, 0.5) is 0 Å². The van der Waals surface area contributed by atoms with Gasteiger partial charge in [0.15, 0.2) is 0 Å². The molecule has 0 spiro atoms. The average Bonchev–Trinajstić information content (AvgIpc) is 2.51. The molecular formula is C19H19BO3. The molecule has 23 heavy (non-hydrogen) atoms. The molecule has 3 aromatic rings. The minimum atomic E-state index is -1.57. The van der Waals surface area contributed by atoms with Gasteiger partial charge >= 0.3 is 7.12 Å². The Bertz CT molecular complexity index is 823. The lowest BCUT2D eigenvalue weighted by molar-refractivity contribution is 0.307. The van der Waals surface area contributed by atoms with Gasteiger partial charge in [-0.05, 0) is 36.2 Å². The topological polar surface area (TPSA) is 49.7 Å². The van der Waals surface area contributed by atoms with E-state index in [-0.39, 0.29) is 0 Å². The van der Waals surface area contributed by atoms with Gasteiger partial charge in [0.1, 0.15) is 12.4 Å². The first kappa shape index (κ1) is 15.6. The molecule has 0 radical (unpaired) electrons. The molecule has 0 heterocycles. The average molecular weight is 306 g/mol. The van der Waals surface area contributed by atoms with Gasteiger partial charge in [0.25, 0.3) is 0 Å². The van der Waals surface area contributed by atoms with Crippen molar-refractivity contribution < 1.29 is 14.8 Å². The van der Waals surface area contributed by atoms with Crippen molar-refractivity contribution in [2.24, 2.45) is 0 Å². The monoisotopic (exact) mass is 306 g/mol. The van der Waals surface area contributed by atoms with Gasteiger partial charge in [-0.3, -0.25) is 0 Å². The number of rotatable bonds is 4. The van der Waals surface area contributed by atoms with E-state index < -0.39 is 7.12 Å². The lowest BCUT2D eigenvalue weighted by Crippen LogP contribution is -2.32. The van der Waals surface area contributed by atoms with Crippen LogP contribution in [0.3, 0.4) is 0 Å². The van der Waals surface area contributed by atoms with Crippen LogP contribution in [0.25, 0.3) is 10.8 Å². The minimum Gasteiger partial charge on any atom is -0.489 e. The van der Waals surface area contributed by atoms with E-state index in [4.69, 9.17) is 4.74 Å². The van der Waals surface area contributed by atoms with Gasteiger partial charge in [-0.1, -0.05) is 59.7 Å². The molecule has 0 aliphatic carbocycles. The van der Waals surface area contributed by atoms with Crippen molar-refractivity contribution in [2.75, 3.05) is 0 Å². The van der Waals surface area contributed by atoms with Gasteiger partial charge < -0.3 is 14.8 Å². The van der Waals surface area contributed by atoms with Crippen LogP contribution in [0.2, 0.25) is 0 Å². The number of hydrogen-bond acceptors (Lipinski definition) is 3. The molecule has 0 atom stereocenters. The quantitative estimate of drug-likeness (QED) is 0.729. The lowest BCUT2D eigenvalue weighted by Gasteiger charge is -2.14. The first-order valence-electron chi connectivity index (χ1n) is 7.62. The second-order valence-corrected chi connectivity index (χ2v) is 5.86. The third kappa shape index (κ3) is 3.39. The second kappa shape index (κ2) is 6.45. The summed E-state index contributed by atoms with van der Waals surface area (Å²) in [5, 5.41) is 21.3. The normalized spacial score (nSPS) is 10.8. The van der Waals surface area contributed by atoms with E-state index in [1.165, 1.54) is 11.1 Å². The van der Waals surface area contributed by atoms with Crippen LogP contribution in [-0.2, 0) is 6.61 Å². The van der Waals surface area contributed by atoms with Gasteiger partial charge in [0.05, 0.1) is 0 Å². The molecule has 2 N–H and O–H groups in total. The predicted molar refractivity (Wildman–Crippen MR) is 94.0 cm³/mol. The largest absolute Gasteiger partial charge is 0.492 e. The SMILES string of the molecule is Cc1cc(C)cc(COc2ccc3ccccc3c2B(O)O)c1.